The molecule has 12 rings (SSSR count). The molecule has 0 atom stereocenters. The summed E-state index contributed by atoms with van der Waals surface area (Å²) in [6.07, 6.45) is 1.82. The van der Waals surface area contributed by atoms with Gasteiger partial charge in [0.05, 0.1) is 27.6 Å². The Morgan fingerprint density at radius 2 is 0.950 bits per heavy atom. The normalized spacial score (nSPS) is 11.7. The fourth-order valence-corrected chi connectivity index (χ4v) is 8.86. The van der Waals surface area contributed by atoms with Gasteiger partial charge in [0.15, 0.2) is 11.5 Å². The van der Waals surface area contributed by atoms with Crippen molar-refractivity contribution in [3.05, 3.63) is 206 Å². The van der Waals surface area contributed by atoms with Crippen molar-refractivity contribution in [2.45, 2.75) is 0 Å². The molecule has 0 aliphatic rings. The first kappa shape index (κ1) is 33.9. The summed E-state index contributed by atoms with van der Waals surface area (Å²) in [5.41, 5.74) is 13.2. The van der Waals surface area contributed by atoms with Gasteiger partial charge in [-0.25, -0.2) is 19.9 Å². The summed E-state index contributed by atoms with van der Waals surface area (Å²) in [4.78, 5) is 20.6. The molecule has 0 aliphatic heterocycles. The maximum atomic E-state index is 5.34. The Labute approximate surface area is 345 Å². The molecule has 5 aromatic heterocycles. The first-order valence-corrected chi connectivity index (χ1v) is 20.1. The van der Waals surface area contributed by atoms with Gasteiger partial charge in [-0.15, -0.1) is 0 Å². The molecule has 0 bridgehead atoms. The van der Waals surface area contributed by atoms with E-state index in [0.717, 1.165) is 99.7 Å². The molecule has 6 nitrogen and oxygen atoms in total. The number of hydrogen-bond acceptors (Lipinski definition) is 4. The number of pyridine rings is 2. The zero-order valence-corrected chi connectivity index (χ0v) is 32.3. The van der Waals surface area contributed by atoms with Gasteiger partial charge in [-0.3, -0.25) is 9.13 Å². The molecule has 0 amide bonds. The van der Waals surface area contributed by atoms with E-state index in [4.69, 9.17) is 19.9 Å². The zero-order chi connectivity index (χ0) is 39.6. The summed E-state index contributed by atoms with van der Waals surface area (Å²) in [5.74, 6) is 1.52. The fraction of sp³-hybridized carbons (Fsp3) is 0. The third kappa shape index (κ3) is 5.42. The van der Waals surface area contributed by atoms with Gasteiger partial charge in [0.1, 0.15) is 11.5 Å². The molecule has 0 unspecified atom stereocenters. The Hall–Kier alpha value is -8.22. The third-order valence-corrected chi connectivity index (χ3v) is 11.6. The highest BCUT2D eigenvalue weighted by Crippen LogP contribution is 2.41. The van der Waals surface area contributed by atoms with Gasteiger partial charge in [0.2, 0.25) is 0 Å². The predicted molar refractivity (Wildman–Crippen MR) is 246 cm³/mol. The van der Waals surface area contributed by atoms with Crippen LogP contribution >= 0.6 is 0 Å². The van der Waals surface area contributed by atoms with E-state index in [1.54, 1.807) is 0 Å². The molecule has 60 heavy (non-hydrogen) atoms. The molecule has 12 aromatic rings. The smallest absolute Gasteiger partial charge is 0.162 e. The Kier molecular flexibility index (Phi) is 7.74. The van der Waals surface area contributed by atoms with Crippen molar-refractivity contribution >= 4 is 54.8 Å². The van der Waals surface area contributed by atoms with Crippen molar-refractivity contribution in [2.75, 3.05) is 0 Å². The topological polar surface area (TPSA) is 61.4 Å². The van der Waals surface area contributed by atoms with Gasteiger partial charge >= 0.3 is 0 Å². The summed E-state index contributed by atoms with van der Waals surface area (Å²) in [6, 6.07) is 70.2. The van der Waals surface area contributed by atoms with E-state index < -0.39 is 0 Å². The first-order chi connectivity index (χ1) is 29.8. The van der Waals surface area contributed by atoms with Crippen LogP contribution in [0.3, 0.4) is 0 Å². The number of fused-ring (bicyclic) bond motifs is 7. The molecular weight excluding hydrogens is 733 g/mol. The third-order valence-electron chi connectivity index (χ3n) is 11.6. The summed E-state index contributed by atoms with van der Waals surface area (Å²) < 4.78 is 4.56. The summed E-state index contributed by atoms with van der Waals surface area (Å²) in [6.45, 7) is 0. The van der Waals surface area contributed by atoms with Gasteiger partial charge in [0, 0.05) is 44.6 Å². The Balaban J connectivity index is 1.09. The van der Waals surface area contributed by atoms with Crippen molar-refractivity contribution in [2.24, 2.45) is 0 Å². The average Bonchev–Trinajstić information content (AvgIpc) is 3.84. The second-order valence-corrected chi connectivity index (χ2v) is 15.1. The molecule has 0 saturated heterocycles. The Morgan fingerprint density at radius 3 is 1.68 bits per heavy atom. The van der Waals surface area contributed by atoms with E-state index in [1.807, 2.05) is 42.6 Å². The van der Waals surface area contributed by atoms with Gasteiger partial charge < -0.3 is 0 Å². The van der Waals surface area contributed by atoms with E-state index in [9.17, 15) is 0 Å². The zero-order valence-electron chi connectivity index (χ0n) is 32.3. The van der Waals surface area contributed by atoms with Crippen LogP contribution in [0.25, 0.3) is 111 Å². The molecule has 0 aliphatic carbocycles. The summed E-state index contributed by atoms with van der Waals surface area (Å²) in [7, 11) is 0. The maximum Gasteiger partial charge on any atom is 0.162 e. The van der Waals surface area contributed by atoms with Crippen LogP contribution in [0.1, 0.15) is 0 Å². The van der Waals surface area contributed by atoms with E-state index in [0.29, 0.717) is 11.5 Å². The summed E-state index contributed by atoms with van der Waals surface area (Å²) in [5, 5.41) is 5.45. The highest BCUT2D eigenvalue weighted by molar-refractivity contribution is 6.16. The van der Waals surface area contributed by atoms with Gasteiger partial charge in [0.25, 0.3) is 0 Å². The first-order valence-electron chi connectivity index (χ1n) is 20.1. The molecule has 0 fully saturated rings. The van der Waals surface area contributed by atoms with Crippen molar-refractivity contribution in [1.82, 2.24) is 29.1 Å². The van der Waals surface area contributed by atoms with Crippen LogP contribution in [-0.4, -0.2) is 29.1 Å². The maximum absolute atomic E-state index is 5.34. The Morgan fingerprint density at radius 1 is 0.367 bits per heavy atom. The van der Waals surface area contributed by atoms with Crippen LogP contribution in [0.5, 0.6) is 0 Å². The van der Waals surface area contributed by atoms with Crippen LogP contribution < -0.4 is 0 Å². The minimum Gasteiger partial charge on any atom is -0.294 e. The second kappa shape index (κ2) is 13.7. The molecule has 0 spiro atoms. The fourth-order valence-electron chi connectivity index (χ4n) is 8.86. The van der Waals surface area contributed by atoms with Crippen molar-refractivity contribution < 1.29 is 0 Å². The van der Waals surface area contributed by atoms with Crippen LogP contribution in [0.15, 0.2) is 206 Å². The molecule has 0 N–H and O–H groups in total. The van der Waals surface area contributed by atoms with E-state index >= 15 is 0 Å². The summed E-state index contributed by atoms with van der Waals surface area (Å²) >= 11 is 0. The Bertz CT molecular complexity index is 3580. The predicted octanol–water partition coefficient (Wildman–Crippen LogP) is 13.3. The second-order valence-electron chi connectivity index (χ2n) is 15.1. The monoisotopic (exact) mass is 766 g/mol. The molecule has 7 aromatic carbocycles. The molecule has 0 radical (unpaired) electrons. The highest BCUT2D eigenvalue weighted by atomic mass is 15.1. The largest absolute Gasteiger partial charge is 0.294 e. The lowest BCUT2D eigenvalue weighted by atomic mass is 9.99. The van der Waals surface area contributed by atoms with Crippen LogP contribution in [-0.2, 0) is 0 Å². The highest BCUT2D eigenvalue weighted by Gasteiger charge is 2.22. The minimum atomic E-state index is 0.691. The minimum absolute atomic E-state index is 0.691. The number of nitrogens with zero attached hydrogens (tertiary/aromatic N) is 6. The van der Waals surface area contributed by atoms with Gasteiger partial charge in [-0.2, -0.15) is 0 Å². The number of aromatic nitrogens is 6. The van der Waals surface area contributed by atoms with Gasteiger partial charge in [-0.1, -0.05) is 140 Å². The standard InChI is InChI=1S/C54H34N6/c1-5-16-35(17-6-1)43-34-49(56-53-42(43)25-15-31-55-53)60-46-26-14-13-24-41(46)44-32-38(27-29-47(44)60)39-28-30-48-45(33-39)50-51(36-18-7-2-8-19-36)57-52(37-20-9-3-10-21-37)58-54(50)59(48)40-22-11-4-12-23-40/h1-34H. The van der Waals surface area contributed by atoms with Crippen LogP contribution in [0.4, 0.5) is 0 Å². The number of hydrogen-bond donors (Lipinski definition) is 0. The number of para-hydroxylation sites is 2. The SMILES string of the molecule is c1ccc(-c2nc(-c3ccccc3)c3c4cc(-c5ccc6c(c5)c5ccccc5n6-c5cc(-c6ccccc6)c6cccnc6n5)ccc4n(-c4ccccc4)c3n2)cc1. The molecular formula is C54H34N6. The van der Waals surface area contributed by atoms with E-state index in [2.05, 4.69) is 173 Å². The lowest BCUT2D eigenvalue weighted by Gasteiger charge is -2.12. The average molecular weight is 767 g/mol. The van der Waals surface area contributed by atoms with Crippen molar-refractivity contribution in [3.63, 3.8) is 0 Å². The number of rotatable bonds is 6. The lowest BCUT2D eigenvalue weighted by Crippen LogP contribution is -2.00. The quantitative estimate of drug-likeness (QED) is 0.169. The molecule has 5 heterocycles. The molecule has 0 saturated carbocycles. The van der Waals surface area contributed by atoms with E-state index in [-0.39, 0.29) is 0 Å². The van der Waals surface area contributed by atoms with Crippen molar-refractivity contribution in [1.29, 1.82) is 0 Å². The van der Waals surface area contributed by atoms with Crippen molar-refractivity contribution in [3.8, 4) is 56.4 Å². The molecule has 280 valence electrons. The molecule has 6 heteroatoms. The van der Waals surface area contributed by atoms with E-state index in [1.165, 1.54) is 0 Å². The van der Waals surface area contributed by atoms with Crippen LogP contribution in [0.2, 0.25) is 0 Å². The lowest BCUT2D eigenvalue weighted by molar-refractivity contribution is 1.09. The van der Waals surface area contributed by atoms with Crippen LogP contribution in [0, 0.1) is 0 Å². The van der Waals surface area contributed by atoms with Gasteiger partial charge in [-0.05, 0) is 82.9 Å². The number of benzene rings is 7.